The van der Waals surface area contributed by atoms with E-state index in [1.54, 1.807) is 0 Å². The number of benzene rings is 2. The predicted octanol–water partition coefficient (Wildman–Crippen LogP) is 4.98. The molecule has 0 aromatic heterocycles. The first-order chi connectivity index (χ1) is 15.5. The minimum absolute atomic E-state index is 0.000919. The fraction of sp³-hybridized carbons (Fsp3) is 0.500. The molecule has 7 heteroatoms. The van der Waals surface area contributed by atoms with Crippen LogP contribution in [0.15, 0.2) is 54.6 Å². The first kappa shape index (κ1) is 23.8. The van der Waals surface area contributed by atoms with Crippen molar-refractivity contribution in [3.8, 4) is 0 Å². The van der Waals surface area contributed by atoms with Crippen LogP contribution in [0.1, 0.15) is 66.9 Å². The molecule has 2 saturated carbocycles. The molecule has 2 fully saturated rings. The highest BCUT2D eigenvalue weighted by Gasteiger charge is 2.51. The zero-order valence-electron chi connectivity index (χ0n) is 18.7. The largest absolute Gasteiger partial charge is 0.421 e. The molecule has 0 spiro atoms. The first-order valence-electron chi connectivity index (χ1n) is 11.5. The SMILES string of the molecule is C[C@](O)(c1ccc(C(=O)N(C2CC2)[C@H]2CC[C@@](O)(Cc3ccccc3)CC2)cc1)C(F)(F)F. The molecule has 2 aromatic carbocycles. The summed E-state index contributed by atoms with van der Waals surface area (Å²) in [6.45, 7) is 0.707. The molecular formula is C26H30F3NO3. The van der Waals surface area contributed by atoms with Gasteiger partial charge in [0.2, 0.25) is 0 Å². The van der Waals surface area contributed by atoms with Crippen LogP contribution >= 0.6 is 0 Å². The Bertz CT molecular complexity index is 961. The van der Waals surface area contributed by atoms with Gasteiger partial charge in [-0.1, -0.05) is 42.5 Å². The third-order valence-corrected chi connectivity index (χ3v) is 7.08. The summed E-state index contributed by atoms with van der Waals surface area (Å²) >= 11 is 0. The van der Waals surface area contributed by atoms with Gasteiger partial charge in [-0.15, -0.1) is 0 Å². The minimum atomic E-state index is -4.81. The lowest BCUT2D eigenvalue weighted by atomic mass is 9.78. The highest BCUT2D eigenvalue weighted by Crippen LogP contribution is 2.40. The highest BCUT2D eigenvalue weighted by molar-refractivity contribution is 5.95. The third kappa shape index (κ3) is 5.09. The second-order valence-corrected chi connectivity index (χ2v) is 9.71. The Hall–Kier alpha value is -2.38. The summed E-state index contributed by atoms with van der Waals surface area (Å²) in [4.78, 5) is 15.2. The van der Waals surface area contributed by atoms with Gasteiger partial charge < -0.3 is 15.1 Å². The number of amides is 1. The molecular weight excluding hydrogens is 431 g/mol. The van der Waals surface area contributed by atoms with Crippen molar-refractivity contribution in [2.24, 2.45) is 0 Å². The van der Waals surface area contributed by atoms with Crippen molar-refractivity contribution in [1.82, 2.24) is 4.90 Å². The third-order valence-electron chi connectivity index (χ3n) is 7.08. The van der Waals surface area contributed by atoms with Crippen LogP contribution in [0.3, 0.4) is 0 Å². The molecule has 0 unspecified atom stereocenters. The molecule has 2 aliphatic carbocycles. The highest BCUT2D eigenvalue weighted by atomic mass is 19.4. The zero-order valence-corrected chi connectivity index (χ0v) is 18.7. The second kappa shape index (κ2) is 8.76. The Balaban J connectivity index is 1.45. The molecule has 178 valence electrons. The fourth-order valence-corrected chi connectivity index (χ4v) is 4.80. The summed E-state index contributed by atoms with van der Waals surface area (Å²) in [6, 6.07) is 15.1. The predicted molar refractivity (Wildman–Crippen MR) is 119 cm³/mol. The number of aliphatic hydroxyl groups is 2. The molecule has 1 atom stereocenters. The van der Waals surface area contributed by atoms with Gasteiger partial charge in [-0.3, -0.25) is 4.79 Å². The van der Waals surface area contributed by atoms with Crippen molar-refractivity contribution in [2.75, 3.05) is 0 Å². The monoisotopic (exact) mass is 461 g/mol. The molecule has 2 aliphatic rings. The Morgan fingerprint density at radius 1 is 0.970 bits per heavy atom. The summed E-state index contributed by atoms with van der Waals surface area (Å²) in [5.41, 5.74) is -2.66. The number of halogens is 3. The molecule has 4 nitrogen and oxygen atoms in total. The van der Waals surface area contributed by atoms with E-state index in [4.69, 9.17) is 0 Å². The van der Waals surface area contributed by atoms with Gasteiger partial charge in [0.05, 0.1) is 5.60 Å². The number of hydrogen-bond donors (Lipinski definition) is 2. The molecule has 33 heavy (non-hydrogen) atoms. The van der Waals surface area contributed by atoms with E-state index >= 15 is 0 Å². The lowest BCUT2D eigenvalue weighted by Crippen LogP contribution is -2.48. The van der Waals surface area contributed by atoms with Crippen molar-refractivity contribution >= 4 is 5.91 Å². The molecule has 1 amide bonds. The van der Waals surface area contributed by atoms with Gasteiger partial charge in [0.25, 0.3) is 5.91 Å². The molecule has 2 N–H and O–H groups in total. The minimum Gasteiger partial charge on any atom is -0.390 e. The maximum Gasteiger partial charge on any atom is 0.421 e. The van der Waals surface area contributed by atoms with E-state index in [0.29, 0.717) is 44.6 Å². The van der Waals surface area contributed by atoms with Gasteiger partial charge >= 0.3 is 6.18 Å². The van der Waals surface area contributed by atoms with E-state index in [9.17, 15) is 28.2 Å². The lowest BCUT2D eigenvalue weighted by molar-refractivity contribution is -0.258. The van der Waals surface area contributed by atoms with Crippen molar-refractivity contribution in [3.63, 3.8) is 0 Å². The number of alkyl halides is 3. The Labute approximate surface area is 192 Å². The number of hydrogen-bond acceptors (Lipinski definition) is 3. The Kier molecular flexibility index (Phi) is 6.31. The number of carbonyl (C=O) groups excluding carboxylic acids is 1. The summed E-state index contributed by atoms with van der Waals surface area (Å²) in [7, 11) is 0. The standard InChI is InChI=1S/C26H30F3NO3/c1-24(32,26(27,28)29)20-9-7-19(8-10-20)23(31)30(21-11-12-21)22-13-15-25(33,16-14-22)17-18-5-3-2-4-6-18/h2-10,21-22,32-33H,11-17H2,1H3/t22-,24-,25-/m0/s1. The molecule has 0 aliphatic heterocycles. The average molecular weight is 462 g/mol. The number of rotatable bonds is 6. The second-order valence-electron chi connectivity index (χ2n) is 9.71. The molecule has 4 rings (SSSR count). The fourth-order valence-electron chi connectivity index (χ4n) is 4.80. The molecule has 0 bridgehead atoms. The van der Waals surface area contributed by atoms with E-state index in [1.807, 2.05) is 35.2 Å². The first-order valence-corrected chi connectivity index (χ1v) is 11.5. The van der Waals surface area contributed by atoms with Crippen molar-refractivity contribution in [2.45, 2.75) is 81.3 Å². The summed E-state index contributed by atoms with van der Waals surface area (Å²) in [5.74, 6) is -0.200. The molecule has 0 heterocycles. The van der Waals surface area contributed by atoms with E-state index in [0.717, 1.165) is 18.4 Å². The van der Waals surface area contributed by atoms with E-state index in [1.165, 1.54) is 24.3 Å². The van der Waals surface area contributed by atoms with Gasteiger partial charge in [-0.05, 0) is 68.7 Å². The van der Waals surface area contributed by atoms with Gasteiger partial charge in [0.15, 0.2) is 5.60 Å². The van der Waals surface area contributed by atoms with Crippen LogP contribution in [0.2, 0.25) is 0 Å². The van der Waals surface area contributed by atoms with Gasteiger partial charge in [0.1, 0.15) is 0 Å². The number of nitrogens with zero attached hydrogens (tertiary/aromatic N) is 1. The summed E-state index contributed by atoms with van der Waals surface area (Å²) in [6.07, 6.45) is 0.163. The quantitative estimate of drug-likeness (QED) is 0.638. The average Bonchev–Trinajstić information content (AvgIpc) is 3.60. The van der Waals surface area contributed by atoms with E-state index in [-0.39, 0.29) is 23.6 Å². The van der Waals surface area contributed by atoms with E-state index in [2.05, 4.69) is 0 Å². The molecule has 0 saturated heterocycles. The normalized spacial score (nSPS) is 25.3. The topological polar surface area (TPSA) is 60.8 Å². The zero-order chi connectivity index (χ0) is 23.9. The van der Waals surface area contributed by atoms with Crippen molar-refractivity contribution < 1.29 is 28.2 Å². The van der Waals surface area contributed by atoms with Crippen LogP contribution in [0.5, 0.6) is 0 Å². The van der Waals surface area contributed by atoms with Crippen molar-refractivity contribution in [1.29, 1.82) is 0 Å². The molecule has 2 aromatic rings. The van der Waals surface area contributed by atoms with Gasteiger partial charge in [-0.25, -0.2) is 0 Å². The van der Waals surface area contributed by atoms with Crippen LogP contribution in [0.25, 0.3) is 0 Å². The van der Waals surface area contributed by atoms with Crippen molar-refractivity contribution in [3.05, 3.63) is 71.3 Å². The van der Waals surface area contributed by atoms with Crippen LogP contribution in [0.4, 0.5) is 13.2 Å². The van der Waals surface area contributed by atoms with Gasteiger partial charge in [0, 0.05) is 24.1 Å². The van der Waals surface area contributed by atoms with E-state index < -0.39 is 17.4 Å². The smallest absolute Gasteiger partial charge is 0.390 e. The van der Waals surface area contributed by atoms with Crippen LogP contribution in [-0.4, -0.2) is 44.9 Å². The molecule has 0 radical (unpaired) electrons. The van der Waals surface area contributed by atoms with Crippen LogP contribution < -0.4 is 0 Å². The summed E-state index contributed by atoms with van der Waals surface area (Å²) < 4.78 is 39.4. The maximum absolute atomic E-state index is 13.3. The van der Waals surface area contributed by atoms with Crippen LogP contribution in [0, 0.1) is 0 Å². The maximum atomic E-state index is 13.3. The summed E-state index contributed by atoms with van der Waals surface area (Å²) in [5, 5.41) is 21.0. The Morgan fingerprint density at radius 2 is 1.52 bits per heavy atom. The number of carbonyl (C=O) groups is 1. The van der Waals surface area contributed by atoms with Crippen LogP contribution in [-0.2, 0) is 12.0 Å². The Morgan fingerprint density at radius 3 is 2.03 bits per heavy atom. The lowest BCUT2D eigenvalue weighted by Gasteiger charge is -2.41. The van der Waals surface area contributed by atoms with Gasteiger partial charge in [-0.2, -0.15) is 13.2 Å².